The number of aromatic nitrogens is 4. The molecule has 140 valence electrons. The van der Waals surface area contributed by atoms with Gasteiger partial charge in [0.15, 0.2) is 5.69 Å². The van der Waals surface area contributed by atoms with E-state index in [9.17, 15) is 13.2 Å². The summed E-state index contributed by atoms with van der Waals surface area (Å²) in [7, 11) is 0. The molecule has 0 bridgehead atoms. The molecule has 0 amide bonds. The minimum absolute atomic E-state index is 0.0734. The Kier molecular flexibility index (Phi) is 3.47. The molecule has 3 heterocycles. The summed E-state index contributed by atoms with van der Waals surface area (Å²) >= 11 is 0. The average molecular weight is 373 g/mol. The third kappa shape index (κ3) is 2.57. The van der Waals surface area contributed by atoms with Crippen LogP contribution in [0.4, 0.5) is 19.1 Å². The lowest BCUT2D eigenvalue weighted by Gasteiger charge is -2.39. The van der Waals surface area contributed by atoms with Crippen LogP contribution in [0.25, 0.3) is 22.2 Å². The molecule has 1 N–H and O–H groups in total. The number of anilines is 1. The number of H-pyrrole nitrogens is 1. The Morgan fingerprint density at radius 3 is 2.74 bits per heavy atom. The molecule has 2 aromatic heterocycles. The van der Waals surface area contributed by atoms with E-state index in [4.69, 9.17) is 9.97 Å². The zero-order chi connectivity index (χ0) is 18.8. The number of benzene rings is 1. The summed E-state index contributed by atoms with van der Waals surface area (Å²) in [6.45, 7) is 3.05. The number of nitrogens with zero attached hydrogens (tertiary/aromatic N) is 4. The van der Waals surface area contributed by atoms with Crippen LogP contribution in [0.3, 0.4) is 0 Å². The molecule has 0 saturated carbocycles. The van der Waals surface area contributed by atoms with Gasteiger partial charge in [-0.05, 0) is 44.7 Å². The van der Waals surface area contributed by atoms with Gasteiger partial charge in [-0.25, -0.2) is 9.97 Å². The zero-order valence-corrected chi connectivity index (χ0v) is 14.8. The summed E-state index contributed by atoms with van der Waals surface area (Å²) < 4.78 is 39.8. The fraction of sp³-hybridized carbons (Fsp3) is 0.421. The first-order valence-corrected chi connectivity index (χ1v) is 9.14. The van der Waals surface area contributed by atoms with Crippen molar-refractivity contribution in [3.05, 3.63) is 35.2 Å². The van der Waals surface area contributed by atoms with Gasteiger partial charge in [0.05, 0.1) is 11.2 Å². The van der Waals surface area contributed by atoms with Crippen LogP contribution in [0.15, 0.2) is 18.2 Å². The normalized spacial score (nSPS) is 19.4. The molecular weight excluding hydrogens is 355 g/mol. The van der Waals surface area contributed by atoms with Crippen LogP contribution in [-0.2, 0) is 19.0 Å². The van der Waals surface area contributed by atoms with Crippen LogP contribution < -0.4 is 4.90 Å². The predicted octanol–water partition coefficient (Wildman–Crippen LogP) is 4.13. The van der Waals surface area contributed by atoms with E-state index in [1.807, 2.05) is 6.07 Å². The highest BCUT2D eigenvalue weighted by molar-refractivity contribution is 5.87. The first-order chi connectivity index (χ1) is 12.9. The Labute approximate surface area is 153 Å². The molecule has 1 aliphatic carbocycles. The van der Waals surface area contributed by atoms with Crippen molar-refractivity contribution >= 4 is 16.9 Å². The molecule has 5 nitrogen and oxygen atoms in total. The standard InChI is InChI=1S/C19H18F3N5/c1-10-7-8-27(10)18-23-14-4-2-3-12(14)16(24-18)11-5-6-15-13(9-11)17(26-25-15)19(20,21)22/h5-6,9-10H,2-4,7-8H2,1H3,(H,25,26)/t10-/m0/s1. The summed E-state index contributed by atoms with van der Waals surface area (Å²) in [5.74, 6) is 0.688. The third-order valence-corrected chi connectivity index (χ3v) is 5.60. The smallest absolute Gasteiger partial charge is 0.338 e. The van der Waals surface area contributed by atoms with E-state index in [0.29, 0.717) is 23.1 Å². The highest BCUT2D eigenvalue weighted by Gasteiger charge is 2.36. The highest BCUT2D eigenvalue weighted by atomic mass is 19.4. The molecule has 1 aromatic carbocycles. The summed E-state index contributed by atoms with van der Waals surface area (Å²) in [4.78, 5) is 11.7. The van der Waals surface area contributed by atoms with Gasteiger partial charge in [-0.15, -0.1) is 0 Å². The summed E-state index contributed by atoms with van der Waals surface area (Å²) in [6.07, 6.45) is -0.649. The Balaban J connectivity index is 1.68. The number of halogens is 3. The molecule has 1 atom stereocenters. The van der Waals surface area contributed by atoms with Gasteiger partial charge in [-0.1, -0.05) is 6.07 Å². The van der Waals surface area contributed by atoms with E-state index in [2.05, 4.69) is 22.0 Å². The van der Waals surface area contributed by atoms with Gasteiger partial charge in [0.25, 0.3) is 0 Å². The van der Waals surface area contributed by atoms with Gasteiger partial charge in [0.2, 0.25) is 5.95 Å². The van der Waals surface area contributed by atoms with Crippen LogP contribution in [0.5, 0.6) is 0 Å². The molecule has 1 saturated heterocycles. The van der Waals surface area contributed by atoms with Crippen LogP contribution in [0, 0.1) is 0 Å². The van der Waals surface area contributed by atoms with Crippen molar-refractivity contribution in [1.29, 1.82) is 0 Å². The second-order valence-electron chi connectivity index (χ2n) is 7.31. The fourth-order valence-electron chi connectivity index (χ4n) is 3.98. The molecule has 27 heavy (non-hydrogen) atoms. The summed E-state index contributed by atoms with van der Waals surface area (Å²) in [5.41, 5.74) is 3.00. The van der Waals surface area contributed by atoms with Crippen molar-refractivity contribution in [3.8, 4) is 11.3 Å². The number of rotatable bonds is 2. The number of hydrogen-bond donors (Lipinski definition) is 1. The minimum Gasteiger partial charge on any atom is -0.338 e. The first-order valence-electron chi connectivity index (χ1n) is 9.14. The van der Waals surface area contributed by atoms with Gasteiger partial charge >= 0.3 is 6.18 Å². The topological polar surface area (TPSA) is 57.7 Å². The van der Waals surface area contributed by atoms with Crippen LogP contribution >= 0.6 is 0 Å². The van der Waals surface area contributed by atoms with Crippen LogP contribution in [-0.4, -0.2) is 32.8 Å². The number of aromatic amines is 1. The molecule has 8 heteroatoms. The van der Waals surface area contributed by atoms with E-state index < -0.39 is 11.9 Å². The third-order valence-electron chi connectivity index (χ3n) is 5.60. The molecule has 0 radical (unpaired) electrons. The van der Waals surface area contributed by atoms with Crippen LogP contribution in [0.2, 0.25) is 0 Å². The molecule has 1 aliphatic heterocycles. The van der Waals surface area contributed by atoms with Gasteiger partial charge in [0, 0.05) is 34.8 Å². The quantitative estimate of drug-likeness (QED) is 0.734. The maximum atomic E-state index is 13.3. The highest BCUT2D eigenvalue weighted by Crippen LogP contribution is 2.37. The first kappa shape index (κ1) is 16.5. The van der Waals surface area contributed by atoms with Gasteiger partial charge in [-0.3, -0.25) is 5.10 Å². The lowest BCUT2D eigenvalue weighted by Crippen LogP contribution is -2.46. The van der Waals surface area contributed by atoms with E-state index in [0.717, 1.165) is 49.2 Å². The van der Waals surface area contributed by atoms with E-state index >= 15 is 0 Å². The molecular formula is C19H18F3N5. The van der Waals surface area contributed by atoms with Crippen LogP contribution in [0.1, 0.15) is 36.7 Å². The van der Waals surface area contributed by atoms with Crippen molar-refractivity contribution in [1.82, 2.24) is 20.2 Å². The van der Waals surface area contributed by atoms with Gasteiger partial charge in [0.1, 0.15) is 0 Å². The van der Waals surface area contributed by atoms with Gasteiger partial charge in [-0.2, -0.15) is 18.3 Å². The predicted molar refractivity (Wildman–Crippen MR) is 95.6 cm³/mol. The minimum atomic E-state index is -4.50. The summed E-state index contributed by atoms with van der Waals surface area (Å²) in [5, 5.41) is 6.00. The number of fused-ring (bicyclic) bond motifs is 2. The Hall–Kier alpha value is -2.64. The lowest BCUT2D eigenvalue weighted by molar-refractivity contribution is -0.139. The largest absolute Gasteiger partial charge is 0.435 e. The number of nitrogens with one attached hydrogen (secondary N) is 1. The van der Waals surface area contributed by atoms with Crippen molar-refractivity contribution in [2.75, 3.05) is 11.4 Å². The Bertz CT molecular complexity index is 1040. The molecule has 2 aliphatic rings. The summed E-state index contributed by atoms with van der Waals surface area (Å²) in [6, 6.07) is 5.39. The van der Waals surface area contributed by atoms with Crippen molar-refractivity contribution < 1.29 is 13.2 Å². The number of hydrogen-bond acceptors (Lipinski definition) is 4. The fourth-order valence-corrected chi connectivity index (χ4v) is 3.98. The Morgan fingerprint density at radius 1 is 1.19 bits per heavy atom. The molecule has 0 spiro atoms. The maximum absolute atomic E-state index is 13.3. The lowest BCUT2D eigenvalue weighted by atomic mass is 10.0. The second-order valence-corrected chi connectivity index (χ2v) is 7.31. The monoisotopic (exact) mass is 373 g/mol. The molecule has 5 rings (SSSR count). The van der Waals surface area contributed by atoms with Crippen molar-refractivity contribution in [3.63, 3.8) is 0 Å². The molecule has 1 fully saturated rings. The zero-order valence-electron chi connectivity index (χ0n) is 14.8. The van der Waals surface area contributed by atoms with E-state index in [1.165, 1.54) is 0 Å². The number of aryl methyl sites for hydroxylation is 1. The SMILES string of the molecule is C[C@H]1CCN1c1nc2c(c(-c3ccc4[nH]nc(C(F)(F)F)c4c3)n1)CCC2. The molecule has 3 aromatic rings. The Morgan fingerprint density at radius 2 is 2.04 bits per heavy atom. The second kappa shape index (κ2) is 5.68. The average Bonchev–Trinajstić information content (AvgIpc) is 3.25. The van der Waals surface area contributed by atoms with E-state index in [1.54, 1.807) is 12.1 Å². The number of alkyl halides is 3. The van der Waals surface area contributed by atoms with Gasteiger partial charge < -0.3 is 4.90 Å². The maximum Gasteiger partial charge on any atom is 0.435 e. The van der Waals surface area contributed by atoms with Crippen molar-refractivity contribution in [2.45, 2.75) is 44.8 Å². The van der Waals surface area contributed by atoms with Crippen molar-refractivity contribution in [2.24, 2.45) is 0 Å². The van der Waals surface area contributed by atoms with E-state index in [-0.39, 0.29) is 5.39 Å². The molecule has 0 unspecified atom stereocenters.